The first-order valence-electron chi connectivity index (χ1n) is 5.37. The van der Waals surface area contributed by atoms with Crippen molar-refractivity contribution in [3.63, 3.8) is 0 Å². The molecule has 0 heterocycles. The molecule has 0 atom stereocenters. The van der Waals surface area contributed by atoms with Crippen LogP contribution in [0.1, 0.15) is 25.7 Å². The Kier molecular flexibility index (Phi) is 5.09. The molecular formula is C10H15F4NOS. The zero-order valence-corrected chi connectivity index (χ0v) is 10.2. The highest BCUT2D eigenvalue weighted by molar-refractivity contribution is 7.99. The molecule has 1 rings (SSSR count). The standard InChI is InChI=1S/C10H15F4NOS/c1-17-7-4-2-6(3-5-7)15-9(16)10(13,14)8(11)12/h6-8H,2-5H2,1H3,(H,15,16). The van der Waals surface area contributed by atoms with Crippen LogP contribution >= 0.6 is 11.8 Å². The third kappa shape index (κ3) is 3.76. The fourth-order valence-electron chi connectivity index (χ4n) is 1.82. The van der Waals surface area contributed by atoms with Crippen LogP contribution in [0, 0.1) is 0 Å². The summed E-state index contributed by atoms with van der Waals surface area (Å²) in [5, 5.41) is 2.48. The number of hydrogen-bond donors (Lipinski definition) is 1. The highest BCUT2D eigenvalue weighted by atomic mass is 32.2. The Morgan fingerprint density at radius 2 is 1.82 bits per heavy atom. The third-order valence-electron chi connectivity index (χ3n) is 2.92. The van der Waals surface area contributed by atoms with E-state index in [9.17, 15) is 22.4 Å². The summed E-state index contributed by atoms with van der Waals surface area (Å²) in [5.74, 6) is -6.45. The van der Waals surface area contributed by atoms with Crippen LogP contribution in [0.2, 0.25) is 0 Å². The summed E-state index contributed by atoms with van der Waals surface area (Å²) < 4.78 is 49.2. The predicted molar refractivity (Wildman–Crippen MR) is 58.7 cm³/mol. The van der Waals surface area contributed by atoms with Crippen LogP contribution in [0.15, 0.2) is 0 Å². The lowest BCUT2D eigenvalue weighted by molar-refractivity contribution is -0.170. The number of amides is 1. The number of nitrogens with one attached hydrogen (secondary N) is 1. The molecule has 1 saturated carbocycles. The maximum atomic E-state index is 12.7. The minimum Gasteiger partial charge on any atom is -0.348 e. The van der Waals surface area contributed by atoms with Crippen molar-refractivity contribution in [1.29, 1.82) is 0 Å². The Bertz CT molecular complexity index is 267. The van der Waals surface area contributed by atoms with Crippen molar-refractivity contribution >= 4 is 17.7 Å². The molecule has 0 aliphatic heterocycles. The normalized spacial score (nSPS) is 26.0. The van der Waals surface area contributed by atoms with Gasteiger partial charge in [0.25, 0.3) is 5.91 Å². The maximum Gasteiger partial charge on any atom is 0.383 e. The van der Waals surface area contributed by atoms with Crippen molar-refractivity contribution in [2.75, 3.05) is 6.26 Å². The first kappa shape index (κ1) is 14.6. The van der Waals surface area contributed by atoms with Crippen LogP contribution in [0.4, 0.5) is 17.6 Å². The van der Waals surface area contributed by atoms with Gasteiger partial charge in [-0.25, -0.2) is 8.78 Å². The molecule has 1 N–H and O–H groups in total. The number of carbonyl (C=O) groups is 1. The number of thioether (sulfide) groups is 1. The monoisotopic (exact) mass is 273 g/mol. The van der Waals surface area contributed by atoms with Gasteiger partial charge in [0.2, 0.25) is 0 Å². The van der Waals surface area contributed by atoms with Crippen molar-refractivity contribution in [3.8, 4) is 0 Å². The van der Waals surface area contributed by atoms with Gasteiger partial charge in [0.1, 0.15) is 0 Å². The van der Waals surface area contributed by atoms with E-state index in [4.69, 9.17) is 0 Å². The van der Waals surface area contributed by atoms with Gasteiger partial charge < -0.3 is 5.32 Å². The number of rotatable bonds is 4. The van der Waals surface area contributed by atoms with Crippen LogP contribution in [-0.4, -0.2) is 35.8 Å². The first-order chi connectivity index (χ1) is 7.87. The Morgan fingerprint density at radius 3 is 2.24 bits per heavy atom. The number of hydrogen-bond acceptors (Lipinski definition) is 2. The van der Waals surface area contributed by atoms with Crippen molar-refractivity contribution in [2.45, 2.75) is 49.3 Å². The Morgan fingerprint density at radius 1 is 1.29 bits per heavy atom. The van der Waals surface area contributed by atoms with Crippen molar-refractivity contribution in [1.82, 2.24) is 5.32 Å². The van der Waals surface area contributed by atoms with Gasteiger partial charge >= 0.3 is 12.3 Å². The van der Waals surface area contributed by atoms with Crippen molar-refractivity contribution in [2.24, 2.45) is 0 Å². The van der Waals surface area contributed by atoms with Gasteiger partial charge in [-0.3, -0.25) is 4.79 Å². The van der Waals surface area contributed by atoms with Crippen LogP contribution in [0.3, 0.4) is 0 Å². The Labute approximate surface area is 102 Å². The smallest absolute Gasteiger partial charge is 0.348 e. The highest BCUT2D eigenvalue weighted by Gasteiger charge is 2.49. The van der Waals surface area contributed by atoms with Crippen LogP contribution in [0.5, 0.6) is 0 Å². The molecule has 0 spiro atoms. The van der Waals surface area contributed by atoms with Gasteiger partial charge in [0.15, 0.2) is 0 Å². The Hall–Kier alpha value is -0.460. The summed E-state index contributed by atoms with van der Waals surface area (Å²) in [5.41, 5.74) is 0. The quantitative estimate of drug-likeness (QED) is 0.798. The molecule has 0 saturated heterocycles. The highest BCUT2D eigenvalue weighted by Crippen LogP contribution is 2.28. The largest absolute Gasteiger partial charge is 0.383 e. The van der Waals surface area contributed by atoms with Gasteiger partial charge in [-0.15, -0.1) is 0 Å². The minimum atomic E-state index is -4.59. The summed E-state index contributed by atoms with van der Waals surface area (Å²) in [7, 11) is 0. The molecule has 0 unspecified atom stereocenters. The predicted octanol–water partition coefficient (Wildman–Crippen LogP) is 2.68. The molecule has 1 fully saturated rings. The second kappa shape index (κ2) is 5.93. The zero-order valence-electron chi connectivity index (χ0n) is 9.39. The number of halogens is 4. The first-order valence-corrected chi connectivity index (χ1v) is 6.66. The molecular weight excluding hydrogens is 258 g/mol. The maximum absolute atomic E-state index is 12.7. The molecule has 0 aromatic rings. The molecule has 0 aromatic carbocycles. The molecule has 1 aliphatic carbocycles. The topological polar surface area (TPSA) is 29.1 Å². The molecule has 1 aliphatic rings. The van der Waals surface area contributed by atoms with E-state index in [0.29, 0.717) is 18.1 Å². The van der Waals surface area contributed by atoms with Crippen molar-refractivity contribution in [3.05, 3.63) is 0 Å². The number of carbonyl (C=O) groups excluding carboxylic acids is 1. The second-order valence-electron chi connectivity index (χ2n) is 4.11. The SMILES string of the molecule is CSC1CCC(NC(=O)C(F)(F)C(F)F)CC1. The summed E-state index contributed by atoms with van der Waals surface area (Å²) in [6, 6.07) is -0.407. The molecule has 0 aromatic heterocycles. The number of alkyl halides is 4. The Balaban J connectivity index is 2.43. The van der Waals surface area contributed by atoms with Crippen LogP contribution < -0.4 is 5.32 Å². The van der Waals surface area contributed by atoms with E-state index in [1.54, 1.807) is 11.8 Å². The average Bonchev–Trinajstić information content (AvgIpc) is 2.29. The van der Waals surface area contributed by atoms with Crippen LogP contribution in [-0.2, 0) is 4.79 Å². The third-order valence-corrected chi connectivity index (χ3v) is 4.06. The molecule has 7 heteroatoms. The van der Waals surface area contributed by atoms with E-state index in [1.165, 1.54) is 0 Å². The summed E-state index contributed by atoms with van der Waals surface area (Å²) in [6.07, 6.45) is 0.769. The molecule has 1 amide bonds. The van der Waals surface area contributed by atoms with E-state index >= 15 is 0 Å². The molecule has 0 radical (unpaired) electrons. The average molecular weight is 273 g/mol. The summed E-state index contributed by atoms with van der Waals surface area (Å²) in [4.78, 5) is 11.0. The minimum absolute atomic E-state index is 0.407. The lowest BCUT2D eigenvalue weighted by atomic mass is 9.95. The second-order valence-corrected chi connectivity index (χ2v) is 5.24. The lowest BCUT2D eigenvalue weighted by Crippen LogP contribution is -2.49. The molecule has 0 bridgehead atoms. The van der Waals surface area contributed by atoms with Gasteiger partial charge in [-0.1, -0.05) is 0 Å². The van der Waals surface area contributed by atoms with E-state index < -0.39 is 24.3 Å². The summed E-state index contributed by atoms with van der Waals surface area (Å²) in [6.45, 7) is 0. The van der Waals surface area contributed by atoms with E-state index in [2.05, 4.69) is 0 Å². The fraction of sp³-hybridized carbons (Fsp3) is 0.900. The summed E-state index contributed by atoms with van der Waals surface area (Å²) >= 11 is 1.70. The lowest BCUT2D eigenvalue weighted by Gasteiger charge is -2.29. The van der Waals surface area contributed by atoms with Crippen molar-refractivity contribution < 1.29 is 22.4 Å². The van der Waals surface area contributed by atoms with Gasteiger partial charge in [0, 0.05) is 11.3 Å². The fourth-order valence-corrected chi connectivity index (χ4v) is 2.57. The van der Waals surface area contributed by atoms with Crippen LogP contribution in [0.25, 0.3) is 0 Å². The van der Waals surface area contributed by atoms with E-state index in [1.807, 2.05) is 11.6 Å². The molecule has 2 nitrogen and oxygen atoms in total. The van der Waals surface area contributed by atoms with E-state index in [0.717, 1.165) is 12.8 Å². The van der Waals surface area contributed by atoms with Gasteiger partial charge in [-0.2, -0.15) is 20.5 Å². The van der Waals surface area contributed by atoms with Gasteiger partial charge in [0.05, 0.1) is 0 Å². The molecule has 100 valence electrons. The molecule has 17 heavy (non-hydrogen) atoms. The van der Waals surface area contributed by atoms with Gasteiger partial charge in [-0.05, 0) is 31.9 Å². The zero-order chi connectivity index (χ0) is 13.1. The van der Waals surface area contributed by atoms with E-state index in [-0.39, 0.29) is 0 Å².